The first-order valence-corrected chi connectivity index (χ1v) is 4.99. The summed E-state index contributed by atoms with van der Waals surface area (Å²) in [5.74, 6) is 7.20. The highest BCUT2D eigenvalue weighted by molar-refractivity contribution is 5.35. The van der Waals surface area contributed by atoms with E-state index in [0.717, 1.165) is 11.5 Å². The quantitative estimate of drug-likeness (QED) is 0.800. The van der Waals surface area contributed by atoms with Gasteiger partial charge in [-0.2, -0.15) is 5.90 Å². The lowest BCUT2D eigenvalue weighted by atomic mass is 10.2. The van der Waals surface area contributed by atoms with Crippen molar-refractivity contribution in [3.8, 4) is 17.2 Å². The molecule has 2 rings (SSSR count). The van der Waals surface area contributed by atoms with Gasteiger partial charge >= 0.3 is 0 Å². The maximum Gasteiger partial charge on any atom is 0.147 e. The van der Waals surface area contributed by atoms with Gasteiger partial charge in [-0.1, -0.05) is 17.7 Å². The van der Waals surface area contributed by atoms with E-state index in [1.54, 1.807) is 12.1 Å². The molecule has 2 aromatic rings. The van der Waals surface area contributed by atoms with Gasteiger partial charge in [0.05, 0.1) is 0 Å². The smallest absolute Gasteiger partial charge is 0.147 e. The van der Waals surface area contributed by atoms with E-state index in [9.17, 15) is 0 Å². The monoisotopic (exact) mass is 215 g/mol. The van der Waals surface area contributed by atoms with Crippen molar-refractivity contribution in [2.45, 2.75) is 6.92 Å². The molecule has 0 amide bonds. The molecule has 2 aromatic carbocycles. The van der Waals surface area contributed by atoms with Gasteiger partial charge in [0.2, 0.25) is 0 Å². The third-order valence-electron chi connectivity index (χ3n) is 2.22. The average molecular weight is 215 g/mol. The van der Waals surface area contributed by atoms with Crippen molar-refractivity contribution in [2.75, 3.05) is 0 Å². The van der Waals surface area contributed by atoms with Crippen molar-refractivity contribution in [1.82, 2.24) is 0 Å². The Kier molecular flexibility index (Phi) is 3.08. The Bertz CT molecular complexity index is 448. The molecule has 0 radical (unpaired) electrons. The number of ether oxygens (including phenoxy) is 1. The molecule has 3 nitrogen and oxygen atoms in total. The fraction of sp³-hybridized carbons (Fsp3) is 0.0769. The first-order valence-electron chi connectivity index (χ1n) is 4.99. The van der Waals surface area contributed by atoms with Crippen LogP contribution in [0.3, 0.4) is 0 Å². The van der Waals surface area contributed by atoms with Crippen molar-refractivity contribution in [2.24, 2.45) is 5.90 Å². The number of hydrogen-bond acceptors (Lipinski definition) is 3. The largest absolute Gasteiger partial charge is 0.457 e. The second kappa shape index (κ2) is 4.68. The summed E-state index contributed by atoms with van der Waals surface area (Å²) in [6.45, 7) is 2.04. The maximum atomic E-state index is 5.64. The highest BCUT2D eigenvalue weighted by Crippen LogP contribution is 2.23. The lowest BCUT2D eigenvalue weighted by molar-refractivity contribution is 0.334. The average Bonchev–Trinajstić information content (AvgIpc) is 2.33. The van der Waals surface area contributed by atoms with E-state index in [1.807, 2.05) is 43.3 Å². The minimum Gasteiger partial charge on any atom is -0.457 e. The minimum absolute atomic E-state index is 0.608. The topological polar surface area (TPSA) is 44.5 Å². The molecule has 3 heteroatoms. The molecule has 0 atom stereocenters. The Labute approximate surface area is 94.4 Å². The Morgan fingerprint density at radius 1 is 0.750 bits per heavy atom. The molecule has 2 N–H and O–H groups in total. The SMILES string of the molecule is Cc1ccc(Oc2ccc(ON)cc2)cc1. The summed E-state index contributed by atoms with van der Waals surface area (Å²) in [6.07, 6.45) is 0. The summed E-state index contributed by atoms with van der Waals surface area (Å²) >= 11 is 0. The van der Waals surface area contributed by atoms with Crippen LogP contribution in [-0.2, 0) is 0 Å². The van der Waals surface area contributed by atoms with Crippen LogP contribution in [0.4, 0.5) is 0 Å². The van der Waals surface area contributed by atoms with E-state index < -0.39 is 0 Å². The van der Waals surface area contributed by atoms with Crippen molar-refractivity contribution < 1.29 is 9.57 Å². The standard InChI is InChI=1S/C13H13NO2/c1-10-2-4-11(5-3-10)15-12-6-8-13(16-14)9-7-12/h2-9H,14H2,1H3. The van der Waals surface area contributed by atoms with Gasteiger partial charge in [-0.3, -0.25) is 0 Å². The van der Waals surface area contributed by atoms with Crippen molar-refractivity contribution in [1.29, 1.82) is 0 Å². The van der Waals surface area contributed by atoms with Crippen molar-refractivity contribution >= 4 is 0 Å². The van der Waals surface area contributed by atoms with E-state index in [0.29, 0.717) is 5.75 Å². The van der Waals surface area contributed by atoms with Gasteiger partial charge in [-0.05, 0) is 43.3 Å². The summed E-state index contributed by atoms with van der Waals surface area (Å²) in [4.78, 5) is 4.58. The highest BCUT2D eigenvalue weighted by atomic mass is 16.6. The summed E-state index contributed by atoms with van der Waals surface area (Å²) in [5.41, 5.74) is 1.21. The van der Waals surface area contributed by atoms with Crippen LogP contribution in [0.1, 0.15) is 5.56 Å². The third kappa shape index (κ3) is 2.52. The van der Waals surface area contributed by atoms with Crippen LogP contribution >= 0.6 is 0 Å². The maximum absolute atomic E-state index is 5.64. The number of benzene rings is 2. The van der Waals surface area contributed by atoms with E-state index >= 15 is 0 Å². The third-order valence-corrected chi connectivity index (χ3v) is 2.22. The first-order chi connectivity index (χ1) is 7.78. The predicted octanol–water partition coefficient (Wildman–Crippen LogP) is 3.04. The van der Waals surface area contributed by atoms with Crippen LogP contribution in [0.25, 0.3) is 0 Å². The zero-order valence-corrected chi connectivity index (χ0v) is 9.01. The minimum atomic E-state index is 0.608. The molecule has 16 heavy (non-hydrogen) atoms. The summed E-state index contributed by atoms with van der Waals surface area (Å²) in [5, 5.41) is 0. The second-order valence-electron chi connectivity index (χ2n) is 3.50. The molecule has 0 aromatic heterocycles. The van der Waals surface area contributed by atoms with Crippen LogP contribution < -0.4 is 15.5 Å². The molecule has 0 heterocycles. The molecular formula is C13H13NO2. The zero-order valence-electron chi connectivity index (χ0n) is 9.01. The summed E-state index contributed by atoms with van der Waals surface area (Å²) in [6, 6.07) is 15.0. The molecule has 0 aliphatic carbocycles. The molecule has 82 valence electrons. The molecule has 0 unspecified atom stereocenters. The molecule has 0 bridgehead atoms. The lowest BCUT2D eigenvalue weighted by Crippen LogP contribution is -2.01. The predicted molar refractivity (Wildman–Crippen MR) is 62.5 cm³/mol. The lowest BCUT2D eigenvalue weighted by Gasteiger charge is -2.06. The number of nitrogens with two attached hydrogens (primary N) is 1. The summed E-state index contributed by atoms with van der Waals surface area (Å²) < 4.78 is 5.64. The van der Waals surface area contributed by atoms with Gasteiger partial charge in [0.1, 0.15) is 17.2 Å². The second-order valence-corrected chi connectivity index (χ2v) is 3.50. The van der Waals surface area contributed by atoms with E-state index in [1.165, 1.54) is 5.56 Å². The van der Waals surface area contributed by atoms with Gasteiger partial charge in [-0.25, -0.2) is 0 Å². The molecule has 0 aliphatic rings. The summed E-state index contributed by atoms with van der Waals surface area (Å²) in [7, 11) is 0. The Hall–Kier alpha value is -2.00. The molecule has 0 saturated heterocycles. The number of rotatable bonds is 3. The first kappa shape index (κ1) is 10.5. The number of aryl methyl sites for hydroxylation is 1. The van der Waals surface area contributed by atoms with E-state index in [4.69, 9.17) is 10.6 Å². The fourth-order valence-corrected chi connectivity index (χ4v) is 1.33. The van der Waals surface area contributed by atoms with E-state index in [2.05, 4.69) is 4.84 Å². The van der Waals surface area contributed by atoms with Gasteiger partial charge in [0, 0.05) is 0 Å². The Morgan fingerprint density at radius 3 is 1.69 bits per heavy atom. The molecule has 0 saturated carbocycles. The normalized spacial score (nSPS) is 9.88. The van der Waals surface area contributed by atoms with Gasteiger partial charge in [0.25, 0.3) is 0 Å². The van der Waals surface area contributed by atoms with Crippen LogP contribution in [0.2, 0.25) is 0 Å². The molecule has 0 fully saturated rings. The van der Waals surface area contributed by atoms with Crippen LogP contribution in [0.5, 0.6) is 17.2 Å². The van der Waals surface area contributed by atoms with Crippen LogP contribution in [0, 0.1) is 6.92 Å². The Balaban J connectivity index is 2.11. The van der Waals surface area contributed by atoms with Crippen molar-refractivity contribution in [3.05, 3.63) is 54.1 Å². The highest BCUT2D eigenvalue weighted by Gasteiger charge is 1.97. The van der Waals surface area contributed by atoms with Gasteiger partial charge in [0.15, 0.2) is 0 Å². The fourth-order valence-electron chi connectivity index (χ4n) is 1.33. The van der Waals surface area contributed by atoms with Gasteiger partial charge < -0.3 is 9.57 Å². The van der Waals surface area contributed by atoms with Crippen LogP contribution in [0.15, 0.2) is 48.5 Å². The zero-order chi connectivity index (χ0) is 11.4. The van der Waals surface area contributed by atoms with Gasteiger partial charge in [-0.15, -0.1) is 0 Å². The van der Waals surface area contributed by atoms with Crippen LogP contribution in [-0.4, -0.2) is 0 Å². The number of hydrogen-bond donors (Lipinski definition) is 1. The molecule has 0 aliphatic heterocycles. The molecular weight excluding hydrogens is 202 g/mol. The van der Waals surface area contributed by atoms with Crippen molar-refractivity contribution in [3.63, 3.8) is 0 Å². The van der Waals surface area contributed by atoms with E-state index in [-0.39, 0.29) is 0 Å². The molecule has 0 spiro atoms. The Morgan fingerprint density at radius 2 is 1.19 bits per heavy atom.